The normalized spacial score (nSPS) is 15.6. The van der Waals surface area contributed by atoms with E-state index < -0.39 is 11.7 Å². The minimum atomic E-state index is -0.833. The first kappa shape index (κ1) is 26.9. The van der Waals surface area contributed by atoms with E-state index in [1.807, 2.05) is 39.8 Å². The average Bonchev–Trinajstić information content (AvgIpc) is 2.61. The minimum Gasteiger partial charge on any atom is -0.204 e. The highest BCUT2D eigenvalue weighted by molar-refractivity contribution is 5.39. The standard InChI is InChI=1S/C22H34F2.C2H6/c1-15(2)9-11-17(5)12-14-19(7)21(23)22(24)20(8)18(6)13-10-16(3)4;1-2/h10,13,15-18H,9,11H2,1-8H3;1-2H3/b13-10-,21-19-,22-20-;. The Hall–Kier alpha value is -1.36. The Morgan fingerprint density at radius 2 is 1.38 bits per heavy atom. The van der Waals surface area contributed by atoms with Crippen LogP contribution in [0.15, 0.2) is 35.0 Å². The van der Waals surface area contributed by atoms with Gasteiger partial charge in [-0.15, -0.1) is 0 Å². The average molecular weight is 367 g/mol. The molecule has 0 aliphatic carbocycles. The summed E-state index contributed by atoms with van der Waals surface area (Å²) in [6, 6.07) is 0. The summed E-state index contributed by atoms with van der Waals surface area (Å²) in [5, 5.41) is 0. The van der Waals surface area contributed by atoms with Crippen molar-refractivity contribution in [3.63, 3.8) is 0 Å². The van der Waals surface area contributed by atoms with E-state index in [-0.39, 0.29) is 17.4 Å². The van der Waals surface area contributed by atoms with Crippen LogP contribution in [-0.4, -0.2) is 0 Å². The summed E-state index contributed by atoms with van der Waals surface area (Å²) in [7, 11) is 0. The van der Waals surface area contributed by atoms with Crippen molar-refractivity contribution in [1.82, 2.24) is 0 Å². The molecule has 2 unspecified atom stereocenters. The molecule has 0 spiro atoms. The Balaban J connectivity index is 0. The van der Waals surface area contributed by atoms with Crippen molar-refractivity contribution in [2.45, 2.75) is 82.1 Å². The SMILES string of the molecule is C/C(C#CC(C)CCC(C)C)=C(F)\C(F)=C(/C)C(C)/C=C\C(C)C.CC. The van der Waals surface area contributed by atoms with Gasteiger partial charge in [0.05, 0.1) is 0 Å². The molecule has 0 rings (SSSR count). The van der Waals surface area contributed by atoms with Gasteiger partial charge in [0, 0.05) is 11.5 Å². The monoisotopic (exact) mass is 366 g/mol. The lowest BCUT2D eigenvalue weighted by molar-refractivity contribution is 0.509. The Bertz CT molecular complexity index is 536. The number of hydrogen-bond donors (Lipinski definition) is 0. The highest BCUT2D eigenvalue weighted by atomic mass is 19.2. The topological polar surface area (TPSA) is 0 Å². The zero-order chi connectivity index (χ0) is 20.9. The second-order valence-electron chi connectivity index (χ2n) is 7.50. The third-order valence-corrected chi connectivity index (χ3v) is 4.02. The van der Waals surface area contributed by atoms with Crippen LogP contribution >= 0.6 is 0 Å². The summed E-state index contributed by atoms with van der Waals surface area (Å²) in [5.41, 5.74) is 0.571. The summed E-state index contributed by atoms with van der Waals surface area (Å²) >= 11 is 0. The second-order valence-corrected chi connectivity index (χ2v) is 7.50. The lowest BCUT2D eigenvalue weighted by Crippen LogP contribution is -1.98. The fourth-order valence-electron chi connectivity index (χ4n) is 2.01. The van der Waals surface area contributed by atoms with Crippen LogP contribution in [0.2, 0.25) is 0 Å². The first-order valence-corrected chi connectivity index (χ1v) is 9.99. The maximum atomic E-state index is 14.3. The van der Waals surface area contributed by atoms with Crippen LogP contribution in [0.25, 0.3) is 0 Å². The van der Waals surface area contributed by atoms with Crippen molar-refractivity contribution in [2.24, 2.45) is 23.7 Å². The van der Waals surface area contributed by atoms with Gasteiger partial charge in [0.15, 0.2) is 11.7 Å². The van der Waals surface area contributed by atoms with Gasteiger partial charge in [-0.2, -0.15) is 0 Å². The Morgan fingerprint density at radius 3 is 1.85 bits per heavy atom. The largest absolute Gasteiger partial charge is 0.204 e. The molecular weight excluding hydrogens is 326 g/mol. The van der Waals surface area contributed by atoms with Crippen LogP contribution in [0, 0.1) is 35.5 Å². The Morgan fingerprint density at radius 1 is 0.846 bits per heavy atom. The Kier molecular flexibility index (Phi) is 15.3. The summed E-state index contributed by atoms with van der Waals surface area (Å²) in [4.78, 5) is 0. The van der Waals surface area contributed by atoms with Crippen LogP contribution < -0.4 is 0 Å². The molecule has 0 aromatic carbocycles. The van der Waals surface area contributed by atoms with E-state index in [0.717, 1.165) is 12.8 Å². The van der Waals surface area contributed by atoms with Crippen LogP contribution in [0.1, 0.15) is 82.1 Å². The molecule has 0 saturated heterocycles. The van der Waals surface area contributed by atoms with E-state index in [2.05, 4.69) is 39.5 Å². The molecule has 0 nitrogen and oxygen atoms in total. The third-order valence-electron chi connectivity index (χ3n) is 4.02. The van der Waals surface area contributed by atoms with Gasteiger partial charge in [-0.1, -0.05) is 79.4 Å². The molecule has 0 radical (unpaired) electrons. The van der Waals surface area contributed by atoms with Gasteiger partial charge >= 0.3 is 0 Å². The Labute approximate surface area is 161 Å². The zero-order valence-corrected chi connectivity index (χ0v) is 18.6. The van der Waals surface area contributed by atoms with Gasteiger partial charge in [0.1, 0.15) is 0 Å². The van der Waals surface area contributed by atoms with Crippen molar-refractivity contribution < 1.29 is 8.78 Å². The molecule has 0 aliphatic heterocycles. The van der Waals surface area contributed by atoms with E-state index in [4.69, 9.17) is 0 Å². The molecule has 150 valence electrons. The molecule has 0 N–H and O–H groups in total. The van der Waals surface area contributed by atoms with Crippen LogP contribution in [0.5, 0.6) is 0 Å². The smallest absolute Gasteiger partial charge is 0.169 e. The number of allylic oxidation sites excluding steroid dienone is 6. The zero-order valence-electron chi connectivity index (χ0n) is 18.6. The molecule has 0 aromatic rings. The first-order chi connectivity index (χ1) is 12.1. The first-order valence-electron chi connectivity index (χ1n) is 9.99. The molecule has 0 amide bonds. The van der Waals surface area contributed by atoms with Crippen LogP contribution in [0.4, 0.5) is 8.78 Å². The predicted octanol–water partition coefficient (Wildman–Crippen LogP) is 8.42. The maximum Gasteiger partial charge on any atom is 0.169 e. The highest BCUT2D eigenvalue weighted by Gasteiger charge is 2.14. The molecule has 0 heterocycles. The van der Waals surface area contributed by atoms with Crippen molar-refractivity contribution >= 4 is 0 Å². The second kappa shape index (κ2) is 14.8. The van der Waals surface area contributed by atoms with Crippen molar-refractivity contribution in [1.29, 1.82) is 0 Å². The molecule has 0 aromatic heterocycles. The highest BCUT2D eigenvalue weighted by Crippen LogP contribution is 2.26. The summed E-state index contributed by atoms with van der Waals surface area (Å²) < 4.78 is 28.6. The molecule has 0 saturated carbocycles. The summed E-state index contributed by atoms with van der Waals surface area (Å²) in [6.07, 6.45) is 6.00. The van der Waals surface area contributed by atoms with Crippen LogP contribution in [0.3, 0.4) is 0 Å². The number of halogens is 2. The number of hydrogen-bond acceptors (Lipinski definition) is 0. The van der Waals surface area contributed by atoms with Crippen molar-refractivity contribution in [3.8, 4) is 11.8 Å². The van der Waals surface area contributed by atoms with Gasteiger partial charge in [-0.05, 0) is 50.0 Å². The van der Waals surface area contributed by atoms with Gasteiger partial charge in [0.25, 0.3) is 0 Å². The molecule has 26 heavy (non-hydrogen) atoms. The predicted molar refractivity (Wildman–Crippen MR) is 113 cm³/mol. The van der Waals surface area contributed by atoms with Gasteiger partial charge in [-0.25, -0.2) is 8.78 Å². The number of rotatable bonds is 7. The van der Waals surface area contributed by atoms with Crippen molar-refractivity contribution in [2.75, 3.05) is 0 Å². The summed E-state index contributed by atoms with van der Waals surface area (Å²) in [6.45, 7) is 19.5. The van der Waals surface area contributed by atoms with E-state index in [1.165, 1.54) is 0 Å². The van der Waals surface area contributed by atoms with Gasteiger partial charge in [0.2, 0.25) is 0 Å². The van der Waals surface area contributed by atoms with E-state index in [1.54, 1.807) is 13.8 Å². The lowest BCUT2D eigenvalue weighted by atomic mass is 9.98. The van der Waals surface area contributed by atoms with E-state index in [0.29, 0.717) is 17.4 Å². The molecule has 0 aliphatic rings. The maximum absolute atomic E-state index is 14.3. The molecule has 2 heteroatoms. The fraction of sp³-hybridized carbons (Fsp3) is 0.667. The quantitative estimate of drug-likeness (QED) is 0.241. The minimum absolute atomic E-state index is 0.135. The van der Waals surface area contributed by atoms with E-state index >= 15 is 0 Å². The fourth-order valence-corrected chi connectivity index (χ4v) is 2.01. The molecule has 0 bridgehead atoms. The summed E-state index contributed by atoms with van der Waals surface area (Å²) in [5.74, 6) is 5.29. The van der Waals surface area contributed by atoms with Gasteiger partial charge < -0.3 is 0 Å². The molecular formula is C24H40F2. The molecule has 2 atom stereocenters. The van der Waals surface area contributed by atoms with Crippen molar-refractivity contribution in [3.05, 3.63) is 35.0 Å². The third kappa shape index (κ3) is 12.1. The van der Waals surface area contributed by atoms with E-state index in [9.17, 15) is 8.78 Å². The van der Waals surface area contributed by atoms with Gasteiger partial charge in [-0.3, -0.25) is 0 Å². The van der Waals surface area contributed by atoms with Crippen LogP contribution in [-0.2, 0) is 0 Å². The lowest BCUT2D eigenvalue weighted by Gasteiger charge is -2.10. The molecule has 0 fully saturated rings.